The first-order valence-corrected chi connectivity index (χ1v) is 7.41. The second-order valence-corrected chi connectivity index (χ2v) is 5.87. The number of benzene rings is 1. The first kappa shape index (κ1) is 21.6. The van der Waals surface area contributed by atoms with Gasteiger partial charge in [-0.05, 0) is 25.0 Å². The van der Waals surface area contributed by atoms with Crippen LogP contribution in [0.15, 0.2) is 36.4 Å². The Morgan fingerprint density at radius 3 is 2.19 bits per heavy atom. The van der Waals surface area contributed by atoms with Crippen molar-refractivity contribution in [2.24, 2.45) is 5.92 Å². The summed E-state index contributed by atoms with van der Waals surface area (Å²) in [6.07, 6.45) is -7.76. The summed E-state index contributed by atoms with van der Waals surface area (Å²) in [7, 11) is 0. The van der Waals surface area contributed by atoms with E-state index >= 15 is 0 Å². The number of aliphatic carboxylic acids is 1. The number of rotatable bonds is 7. The van der Waals surface area contributed by atoms with Crippen LogP contribution < -0.4 is 0 Å². The lowest BCUT2D eigenvalue weighted by molar-refractivity contribution is -0.198. The topological polar surface area (TPSA) is 63.6 Å². The molecule has 0 aliphatic heterocycles. The van der Waals surface area contributed by atoms with Gasteiger partial charge in [0, 0.05) is 11.5 Å². The van der Waals surface area contributed by atoms with Crippen LogP contribution in [0.2, 0.25) is 0 Å². The van der Waals surface area contributed by atoms with Crippen LogP contribution in [0.4, 0.5) is 22.0 Å². The van der Waals surface area contributed by atoms with E-state index in [9.17, 15) is 31.5 Å². The molecule has 0 spiro atoms. The predicted octanol–water partition coefficient (Wildman–Crippen LogP) is 4.09. The maximum atomic E-state index is 14.0. The van der Waals surface area contributed by atoms with Gasteiger partial charge in [0.25, 0.3) is 0 Å². The number of carboxylic acid groups (broad SMARTS) is 1. The molecule has 0 aromatic heterocycles. The average Bonchev–Trinajstić information content (AvgIpc) is 2.51. The standard InChI is InChI=1S/C17H17F5O4/c1-9(2)14(23)26-13(16(18,19)15(24)25)10(3)8-11-6-4-5-7-12(11)17(20,21)22/h4-7,10,13H,1,8H2,2-3H3,(H,24,25). The highest BCUT2D eigenvalue weighted by atomic mass is 19.4. The second kappa shape index (κ2) is 7.84. The van der Waals surface area contributed by atoms with E-state index in [0.29, 0.717) is 0 Å². The fourth-order valence-corrected chi connectivity index (χ4v) is 2.31. The molecule has 0 heterocycles. The summed E-state index contributed by atoms with van der Waals surface area (Å²) in [5.41, 5.74) is -1.60. The molecule has 9 heteroatoms. The lowest BCUT2D eigenvalue weighted by Gasteiger charge is -2.29. The molecule has 0 saturated carbocycles. The molecule has 1 aromatic rings. The predicted molar refractivity (Wildman–Crippen MR) is 81.6 cm³/mol. The third kappa shape index (κ3) is 5.03. The van der Waals surface area contributed by atoms with E-state index in [-0.39, 0.29) is 11.1 Å². The molecule has 0 fully saturated rings. The Labute approximate surface area is 146 Å². The van der Waals surface area contributed by atoms with Crippen LogP contribution >= 0.6 is 0 Å². The van der Waals surface area contributed by atoms with Crippen molar-refractivity contribution in [3.63, 3.8) is 0 Å². The van der Waals surface area contributed by atoms with Crippen molar-refractivity contribution in [2.45, 2.75) is 38.5 Å². The molecular formula is C17H17F5O4. The SMILES string of the molecule is C=C(C)C(=O)OC(C(C)Cc1ccccc1C(F)(F)F)C(F)(F)C(=O)O. The number of halogens is 5. The summed E-state index contributed by atoms with van der Waals surface area (Å²) in [6, 6.07) is 4.31. The number of carbonyl (C=O) groups excluding carboxylic acids is 1. The van der Waals surface area contributed by atoms with Crippen molar-refractivity contribution in [3.8, 4) is 0 Å². The Hall–Kier alpha value is -2.45. The maximum Gasteiger partial charge on any atom is 0.416 e. The van der Waals surface area contributed by atoms with E-state index < -0.39 is 48.0 Å². The van der Waals surface area contributed by atoms with Gasteiger partial charge in [-0.1, -0.05) is 31.7 Å². The zero-order valence-electron chi connectivity index (χ0n) is 13.9. The number of alkyl halides is 5. The second-order valence-electron chi connectivity index (χ2n) is 5.87. The van der Waals surface area contributed by atoms with Crippen molar-refractivity contribution in [2.75, 3.05) is 0 Å². The summed E-state index contributed by atoms with van der Waals surface area (Å²) < 4.78 is 71.7. The van der Waals surface area contributed by atoms with E-state index in [4.69, 9.17) is 5.11 Å². The fraction of sp³-hybridized carbons (Fsp3) is 0.412. The van der Waals surface area contributed by atoms with Crippen molar-refractivity contribution < 1.29 is 41.4 Å². The van der Waals surface area contributed by atoms with Gasteiger partial charge in [-0.25, -0.2) is 9.59 Å². The average molecular weight is 380 g/mol. The first-order chi connectivity index (χ1) is 11.8. The molecule has 1 rings (SSSR count). The molecule has 0 aliphatic rings. The van der Waals surface area contributed by atoms with Crippen LogP contribution in [0.3, 0.4) is 0 Å². The number of hydrogen-bond acceptors (Lipinski definition) is 3. The molecule has 0 radical (unpaired) electrons. The van der Waals surface area contributed by atoms with Crippen LogP contribution in [0, 0.1) is 5.92 Å². The van der Waals surface area contributed by atoms with Crippen molar-refractivity contribution in [1.82, 2.24) is 0 Å². The Morgan fingerprint density at radius 2 is 1.73 bits per heavy atom. The minimum Gasteiger partial charge on any atom is -0.477 e. The number of carbonyl (C=O) groups is 2. The fourth-order valence-electron chi connectivity index (χ4n) is 2.31. The monoisotopic (exact) mass is 380 g/mol. The molecule has 4 nitrogen and oxygen atoms in total. The van der Waals surface area contributed by atoms with E-state index in [2.05, 4.69) is 11.3 Å². The number of esters is 1. The Morgan fingerprint density at radius 1 is 1.19 bits per heavy atom. The summed E-state index contributed by atoms with van der Waals surface area (Å²) in [5, 5.41) is 8.72. The molecule has 0 bridgehead atoms. The normalized spacial score (nSPS) is 14.4. The quantitative estimate of drug-likeness (QED) is 0.440. The molecular weight excluding hydrogens is 363 g/mol. The van der Waals surface area contributed by atoms with Gasteiger partial charge in [-0.3, -0.25) is 0 Å². The molecule has 1 aromatic carbocycles. The summed E-state index contributed by atoms with van der Waals surface area (Å²) >= 11 is 0. The number of hydrogen-bond donors (Lipinski definition) is 1. The van der Waals surface area contributed by atoms with E-state index in [1.165, 1.54) is 13.0 Å². The molecule has 26 heavy (non-hydrogen) atoms. The molecule has 0 saturated heterocycles. The largest absolute Gasteiger partial charge is 0.477 e. The Balaban J connectivity index is 3.22. The lowest BCUT2D eigenvalue weighted by atomic mass is 9.89. The highest BCUT2D eigenvalue weighted by molar-refractivity contribution is 5.87. The summed E-state index contributed by atoms with van der Waals surface area (Å²) in [5.74, 6) is -9.72. The van der Waals surface area contributed by atoms with Gasteiger partial charge in [0.15, 0.2) is 6.10 Å². The van der Waals surface area contributed by atoms with E-state index in [1.807, 2.05) is 0 Å². The van der Waals surface area contributed by atoms with E-state index in [1.54, 1.807) is 0 Å². The van der Waals surface area contributed by atoms with E-state index in [0.717, 1.165) is 25.1 Å². The van der Waals surface area contributed by atoms with Crippen LogP contribution in [-0.2, 0) is 26.9 Å². The number of ether oxygens (including phenoxy) is 1. The van der Waals surface area contributed by atoms with Crippen LogP contribution in [0.25, 0.3) is 0 Å². The van der Waals surface area contributed by atoms with Gasteiger partial charge >= 0.3 is 24.0 Å². The first-order valence-electron chi connectivity index (χ1n) is 7.41. The molecule has 0 aliphatic carbocycles. The minimum atomic E-state index is -4.71. The maximum absolute atomic E-state index is 14.0. The van der Waals surface area contributed by atoms with Crippen molar-refractivity contribution in [1.29, 1.82) is 0 Å². The minimum absolute atomic E-state index is 0.251. The van der Waals surface area contributed by atoms with Crippen LogP contribution in [0.5, 0.6) is 0 Å². The molecule has 2 atom stereocenters. The highest BCUT2D eigenvalue weighted by Crippen LogP contribution is 2.35. The smallest absolute Gasteiger partial charge is 0.416 e. The van der Waals surface area contributed by atoms with Crippen molar-refractivity contribution in [3.05, 3.63) is 47.5 Å². The van der Waals surface area contributed by atoms with Crippen molar-refractivity contribution >= 4 is 11.9 Å². The van der Waals surface area contributed by atoms with Crippen LogP contribution in [0.1, 0.15) is 25.0 Å². The highest BCUT2D eigenvalue weighted by Gasteiger charge is 2.53. The molecule has 144 valence electrons. The Bertz CT molecular complexity index is 697. The lowest BCUT2D eigenvalue weighted by Crippen LogP contribution is -2.48. The zero-order valence-corrected chi connectivity index (χ0v) is 13.9. The third-order valence-corrected chi connectivity index (χ3v) is 3.61. The van der Waals surface area contributed by atoms with Gasteiger partial charge in [0.05, 0.1) is 5.56 Å². The molecule has 1 N–H and O–H groups in total. The number of carboxylic acids is 1. The zero-order chi connectivity index (χ0) is 20.3. The van der Waals surface area contributed by atoms with Gasteiger partial charge < -0.3 is 9.84 Å². The van der Waals surface area contributed by atoms with Gasteiger partial charge in [-0.2, -0.15) is 22.0 Å². The van der Waals surface area contributed by atoms with Gasteiger partial charge in [0.1, 0.15) is 0 Å². The third-order valence-electron chi connectivity index (χ3n) is 3.61. The molecule has 2 unspecified atom stereocenters. The summed E-state index contributed by atoms with van der Waals surface area (Å²) in [4.78, 5) is 22.4. The molecule has 0 amide bonds. The van der Waals surface area contributed by atoms with Gasteiger partial charge in [-0.15, -0.1) is 0 Å². The summed E-state index contributed by atoms with van der Waals surface area (Å²) in [6.45, 7) is 5.46. The van der Waals surface area contributed by atoms with Crippen LogP contribution in [-0.4, -0.2) is 29.1 Å². The van der Waals surface area contributed by atoms with Gasteiger partial charge in [0.2, 0.25) is 0 Å². The Kier molecular flexibility index (Phi) is 6.51.